The van der Waals surface area contributed by atoms with E-state index >= 15 is 0 Å². The monoisotopic (exact) mass is 320 g/mol. The minimum Gasteiger partial charge on any atom is -0.371 e. The molecule has 1 spiro atoms. The van der Waals surface area contributed by atoms with Gasteiger partial charge in [-0.05, 0) is 31.4 Å². The van der Waals surface area contributed by atoms with Crippen molar-refractivity contribution in [3.8, 4) is 0 Å². The fourth-order valence-corrected chi connectivity index (χ4v) is 4.04. The Labute approximate surface area is 135 Å². The summed E-state index contributed by atoms with van der Waals surface area (Å²) < 4.78 is 29.5. The molecule has 1 atom stereocenters. The third-order valence-electron chi connectivity index (χ3n) is 5.68. The number of anilines is 1. The van der Waals surface area contributed by atoms with Gasteiger partial charge in [0.05, 0.1) is 5.41 Å². The summed E-state index contributed by atoms with van der Waals surface area (Å²) in [5, 5.41) is 0. The molecule has 0 N–H and O–H groups in total. The van der Waals surface area contributed by atoms with Crippen molar-refractivity contribution in [2.24, 2.45) is 11.3 Å². The first kappa shape index (κ1) is 14.9. The zero-order valence-corrected chi connectivity index (χ0v) is 13.2. The Hall–Kier alpha value is -1.65. The Kier molecular flexibility index (Phi) is 3.36. The first-order valence-corrected chi connectivity index (χ1v) is 8.47. The lowest BCUT2D eigenvalue weighted by Crippen LogP contribution is -2.58. The molecule has 5 heteroatoms. The van der Waals surface area contributed by atoms with Gasteiger partial charge in [0.25, 0.3) is 5.92 Å². The van der Waals surface area contributed by atoms with Crippen LogP contribution in [-0.2, 0) is 4.79 Å². The van der Waals surface area contributed by atoms with E-state index in [1.54, 1.807) is 4.90 Å². The summed E-state index contributed by atoms with van der Waals surface area (Å²) in [4.78, 5) is 16.1. The molecule has 1 aromatic carbocycles. The van der Waals surface area contributed by atoms with Crippen LogP contribution < -0.4 is 4.90 Å². The average Bonchev–Trinajstić information content (AvgIpc) is 3.31. The normalized spacial score (nSPS) is 30.0. The number of carbonyl (C=O) groups excluding carboxylic acids is 1. The van der Waals surface area contributed by atoms with Gasteiger partial charge in [0.1, 0.15) is 0 Å². The number of para-hydroxylation sites is 1. The van der Waals surface area contributed by atoms with Crippen LogP contribution in [0.1, 0.15) is 25.7 Å². The molecule has 2 saturated heterocycles. The highest BCUT2D eigenvalue weighted by Crippen LogP contribution is 2.50. The van der Waals surface area contributed by atoms with E-state index in [1.807, 2.05) is 35.2 Å². The highest BCUT2D eigenvalue weighted by atomic mass is 19.3. The smallest absolute Gasteiger partial charge is 0.258 e. The molecule has 3 fully saturated rings. The summed E-state index contributed by atoms with van der Waals surface area (Å²) in [7, 11) is 0. The van der Waals surface area contributed by atoms with Crippen molar-refractivity contribution in [1.82, 2.24) is 4.90 Å². The van der Waals surface area contributed by atoms with Gasteiger partial charge in [-0.3, -0.25) is 4.79 Å². The van der Waals surface area contributed by atoms with Gasteiger partial charge in [-0.1, -0.05) is 18.2 Å². The second-order valence-electron chi connectivity index (χ2n) is 7.28. The van der Waals surface area contributed by atoms with E-state index < -0.39 is 11.3 Å². The molecule has 0 unspecified atom stereocenters. The van der Waals surface area contributed by atoms with Gasteiger partial charge in [-0.2, -0.15) is 0 Å². The highest BCUT2D eigenvalue weighted by Gasteiger charge is 2.60. The molecule has 2 aliphatic heterocycles. The molecule has 1 aliphatic carbocycles. The number of nitrogens with zero attached hydrogens (tertiary/aromatic N) is 2. The van der Waals surface area contributed by atoms with E-state index in [4.69, 9.17) is 0 Å². The molecule has 23 heavy (non-hydrogen) atoms. The number of hydrogen-bond acceptors (Lipinski definition) is 2. The second kappa shape index (κ2) is 5.18. The van der Waals surface area contributed by atoms with Crippen LogP contribution in [0.3, 0.4) is 0 Å². The Morgan fingerprint density at radius 2 is 1.78 bits per heavy atom. The van der Waals surface area contributed by atoms with Crippen molar-refractivity contribution in [2.45, 2.75) is 31.6 Å². The van der Waals surface area contributed by atoms with E-state index in [2.05, 4.69) is 0 Å². The number of halogens is 2. The molecule has 1 aromatic rings. The predicted molar refractivity (Wildman–Crippen MR) is 84.6 cm³/mol. The largest absolute Gasteiger partial charge is 0.371 e. The van der Waals surface area contributed by atoms with Crippen molar-refractivity contribution < 1.29 is 13.6 Å². The Balaban J connectivity index is 1.56. The first-order chi connectivity index (χ1) is 11.0. The summed E-state index contributed by atoms with van der Waals surface area (Å²) in [5.41, 5.74) is -0.100. The minimum atomic E-state index is -2.70. The molecule has 3 aliphatic rings. The molecule has 4 rings (SSSR count). The quantitative estimate of drug-likeness (QED) is 0.836. The Bertz CT molecular complexity index is 602. The van der Waals surface area contributed by atoms with Gasteiger partial charge in [0, 0.05) is 44.2 Å². The van der Waals surface area contributed by atoms with Crippen LogP contribution in [-0.4, -0.2) is 42.9 Å². The topological polar surface area (TPSA) is 23.6 Å². The number of piperidine rings is 1. The number of carbonyl (C=O) groups is 1. The third-order valence-corrected chi connectivity index (χ3v) is 5.68. The van der Waals surface area contributed by atoms with E-state index in [0.29, 0.717) is 19.5 Å². The van der Waals surface area contributed by atoms with E-state index in [-0.39, 0.29) is 31.3 Å². The summed E-state index contributed by atoms with van der Waals surface area (Å²) in [6, 6.07) is 9.73. The lowest BCUT2D eigenvalue weighted by molar-refractivity contribution is -0.169. The van der Waals surface area contributed by atoms with E-state index in [9.17, 15) is 13.6 Å². The van der Waals surface area contributed by atoms with Gasteiger partial charge in [-0.15, -0.1) is 0 Å². The van der Waals surface area contributed by atoms with Crippen LogP contribution in [0.5, 0.6) is 0 Å². The molecule has 1 saturated carbocycles. The number of hydrogen-bond donors (Lipinski definition) is 0. The van der Waals surface area contributed by atoms with E-state index in [1.165, 1.54) is 0 Å². The maximum absolute atomic E-state index is 14.7. The first-order valence-electron chi connectivity index (χ1n) is 8.47. The molecule has 0 aromatic heterocycles. The molecule has 3 nitrogen and oxygen atoms in total. The summed E-state index contributed by atoms with van der Waals surface area (Å²) in [6.07, 6.45) is 2.10. The molecule has 0 bridgehead atoms. The molecule has 124 valence electrons. The van der Waals surface area contributed by atoms with Gasteiger partial charge in [0.2, 0.25) is 5.91 Å². The predicted octanol–water partition coefficient (Wildman–Crippen LogP) is 3.16. The summed E-state index contributed by atoms with van der Waals surface area (Å²) >= 11 is 0. The summed E-state index contributed by atoms with van der Waals surface area (Å²) in [5.74, 6) is -2.50. The fourth-order valence-electron chi connectivity index (χ4n) is 4.04. The second-order valence-corrected chi connectivity index (χ2v) is 7.28. The number of rotatable bonds is 2. The van der Waals surface area contributed by atoms with Crippen LogP contribution in [0.15, 0.2) is 30.3 Å². The molecule has 1 amide bonds. The molecule has 0 radical (unpaired) electrons. The van der Waals surface area contributed by atoms with E-state index in [0.717, 1.165) is 18.5 Å². The number of alkyl halides is 2. The maximum Gasteiger partial charge on any atom is 0.258 e. The third kappa shape index (κ3) is 2.50. The molecule has 2 heterocycles. The maximum atomic E-state index is 14.7. The fraction of sp³-hybridized carbons (Fsp3) is 0.611. The highest BCUT2D eigenvalue weighted by molar-refractivity contribution is 5.81. The van der Waals surface area contributed by atoms with Gasteiger partial charge in [-0.25, -0.2) is 8.78 Å². The zero-order chi connectivity index (χ0) is 16.1. The summed E-state index contributed by atoms with van der Waals surface area (Å²) in [6.45, 7) is 1.37. The Morgan fingerprint density at radius 3 is 2.48 bits per heavy atom. The van der Waals surface area contributed by atoms with Gasteiger partial charge >= 0.3 is 0 Å². The van der Waals surface area contributed by atoms with Crippen LogP contribution in [0.4, 0.5) is 14.5 Å². The van der Waals surface area contributed by atoms with Crippen LogP contribution in [0.25, 0.3) is 0 Å². The van der Waals surface area contributed by atoms with Crippen molar-refractivity contribution in [3.63, 3.8) is 0 Å². The number of benzene rings is 1. The lowest BCUT2D eigenvalue weighted by atomic mass is 9.75. The van der Waals surface area contributed by atoms with Crippen LogP contribution >= 0.6 is 0 Å². The van der Waals surface area contributed by atoms with Crippen molar-refractivity contribution >= 4 is 11.6 Å². The average molecular weight is 320 g/mol. The van der Waals surface area contributed by atoms with Gasteiger partial charge in [0.15, 0.2) is 0 Å². The standard InChI is InChI=1S/C18H22F2N2O/c19-18(20)9-11-22(16(23)14-6-7-14)13-17(18)8-10-21(12-17)15-4-2-1-3-5-15/h1-5,14H,6-13H2/t17-/m1/s1. The number of amides is 1. The minimum absolute atomic E-state index is 0.0954. The zero-order valence-electron chi connectivity index (χ0n) is 13.2. The van der Waals surface area contributed by atoms with Crippen molar-refractivity contribution in [1.29, 1.82) is 0 Å². The molecular weight excluding hydrogens is 298 g/mol. The molecular formula is C18H22F2N2O. The SMILES string of the molecule is O=C(C1CC1)N1CCC(F)(F)[C@@]2(CCN(c3ccccc3)C2)C1. The number of likely N-dealkylation sites (tertiary alicyclic amines) is 1. The lowest BCUT2D eigenvalue weighted by Gasteiger charge is -2.46. The van der Waals surface area contributed by atoms with Crippen LogP contribution in [0.2, 0.25) is 0 Å². The Morgan fingerprint density at radius 1 is 1.04 bits per heavy atom. The van der Waals surface area contributed by atoms with Gasteiger partial charge < -0.3 is 9.80 Å². The van der Waals surface area contributed by atoms with Crippen molar-refractivity contribution in [2.75, 3.05) is 31.1 Å². The van der Waals surface area contributed by atoms with Crippen LogP contribution in [0, 0.1) is 11.3 Å². The van der Waals surface area contributed by atoms with Crippen molar-refractivity contribution in [3.05, 3.63) is 30.3 Å².